The van der Waals surface area contributed by atoms with E-state index in [-0.39, 0.29) is 0 Å². The summed E-state index contributed by atoms with van der Waals surface area (Å²) in [5, 5.41) is 4.49. The van der Waals surface area contributed by atoms with Crippen molar-refractivity contribution >= 4 is 44.1 Å². The molecule has 0 spiro atoms. The second kappa shape index (κ2) is 7.27. The number of rotatable bonds is 4. The van der Waals surface area contributed by atoms with Gasteiger partial charge in [0.25, 0.3) is 0 Å². The molecule has 4 heteroatoms. The van der Waals surface area contributed by atoms with Gasteiger partial charge in [-0.05, 0) is 69.9 Å². The molecule has 0 fully saturated rings. The summed E-state index contributed by atoms with van der Waals surface area (Å²) in [5.41, 5.74) is 2.33. The first kappa shape index (κ1) is 17.9. The van der Waals surface area contributed by atoms with E-state index in [2.05, 4.69) is 59.0 Å². The molecule has 27 heavy (non-hydrogen) atoms. The molecule has 0 saturated carbocycles. The Kier molecular flexibility index (Phi) is 4.83. The molecule has 0 bridgehead atoms. The highest BCUT2D eigenvalue weighted by Gasteiger charge is 2.17. The number of hydrogen-bond acceptors (Lipinski definition) is 3. The van der Waals surface area contributed by atoms with Crippen molar-refractivity contribution in [2.24, 2.45) is 0 Å². The Balaban J connectivity index is 2.16. The van der Waals surface area contributed by atoms with Gasteiger partial charge >= 0.3 is 0 Å². The van der Waals surface area contributed by atoms with Gasteiger partial charge in [-0.1, -0.05) is 24.3 Å². The molecule has 3 nitrogen and oxygen atoms in total. The van der Waals surface area contributed by atoms with E-state index in [0.29, 0.717) is 0 Å². The molecule has 0 aliphatic rings. The summed E-state index contributed by atoms with van der Waals surface area (Å²) < 4.78 is 17.7. The molecule has 0 atom stereocenters. The average Bonchev–Trinajstić information content (AvgIpc) is 2.72. The van der Waals surface area contributed by atoms with E-state index in [1.807, 2.05) is 24.3 Å². The van der Waals surface area contributed by atoms with Crippen molar-refractivity contribution in [3.05, 3.63) is 64.2 Å². The maximum absolute atomic E-state index is 5.69. The average molecular weight is 470 g/mol. The number of benzene rings is 4. The van der Waals surface area contributed by atoms with Crippen LogP contribution in [0.3, 0.4) is 0 Å². The van der Waals surface area contributed by atoms with Gasteiger partial charge in [-0.2, -0.15) is 0 Å². The zero-order chi connectivity index (χ0) is 19.0. The van der Waals surface area contributed by atoms with E-state index in [1.165, 1.54) is 10.9 Å². The van der Waals surface area contributed by atoms with Gasteiger partial charge in [0.15, 0.2) is 0 Å². The first-order valence-electron chi connectivity index (χ1n) is 8.58. The minimum absolute atomic E-state index is 0.845. The summed E-state index contributed by atoms with van der Waals surface area (Å²) in [5.74, 6) is 2.59. The van der Waals surface area contributed by atoms with Crippen molar-refractivity contribution in [3.8, 4) is 28.4 Å². The van der Waals surface area contributed by atoms with Crippen molar-refractivity contribution < 1.29 is 14.2 Å². The summed E-state index contributed by atoms with van der Waals surface area (Å²) in [6.45, 7) is 0. The van der Waals surface area contributed by atoms with Crippen LogP contribution in [0.25, 0.3) is 32.7 Å². The Hall–Kier alpha value is -2.47. The standard InChI is InChI=1S/C23H19IO3/c1-25-15-9-7-14(8-10-15)22-19(24)13-21(27-3)18-12-11-16-17(23(18)22)5-4-6-20(16)26-2/h4-13H,1-3H3. The van der Waals surface area contributed by atoms with E-state index in [0.717, 1.165) is 42.5 Å². The smallest absolute Gasteiger partial charge is 0.127 e. The van der Waals surface area contributed by atoms with Gasteiger partial charge in [0.1, 0.15) is 17.2 Å². The first-order chi connectivity index (χ1) is 13.2. The summed E-state index contributed by atoms with van der Waals surface area (Å²) in [6, 6.07) is 20.7. The summed E-state index contributed by atoms with van der Waals surface area (Å²) in [4.78, 5) is 0. The van der Waals surface area contributed by atoms with Crippen molar-refractivity contribution in [2.45, 2.75) is 0 Å². The lowest BCUT2D eigenvalue weighted by molar-refractivity contribution is 0.415. The maximum atomic E-state index is 5.69. The minimum atomic E-state index is 0.845. The molecule has 0 amide bonds. The molecular formula is C23H19IO3. The Labute approximate surface area is 172 Å². The molecular weight excluding hydrogens is 451 g/mol. The van der Waals surface area contributed by atoms with Crippen molar-refractivity contribution in [1.82, 2.24) is 0 Å². The number of hydrogen-bond donors (Lipinski definition) is 0. The maximum Gasteiger partial charge on any atom is 0.127 e. The normalized spacial score (nSPS) is 11.0. The lowest BCUT2D eigenvalue weighted by Crippen LogP contribution is -1.94. The summed E-state index contributed by atoms with van der Waals surface area (Å²) in [7, 11) is 5.10. The largest absolute Gasteiger partial charge is 0.497 e. The van der Waals surface area contributed by atoms with E-state index in [9.17, 15) is 0 Å². The highest BCUT2D eigenvalue weighted by Crippen LogP contribution is 2.43. The highest BCUT2D eigenvalue weighted by atomic mass is 127. The number of ether oxygens (including phenoxy) is 3. The molecule has 136 valence electrons. The fourth-order valence-corrected chi connectivity index (χ4v) is 4.44. The predicted octanol–water partition coefficient (Wildman–Crippen LogP) is 6.29. The second-order valence-corrected chi connectivity index (χ2v) is 7.37. The predicted molar refractivity (Wildman–Crippen MR) is 119 cm³/mol. The number of halogens is 1. The molecule has 0 heterocycles. The molecule has 0 N–H and O–H groups in total. The molecule has 0 aliphatic heterocycles. The van der Waals surface area contributed by atoms with Crippen LogP contribution in [0.1, 0.15) is 0 Å². The van der Waals surface area contributed by atoms with Crippen LogP contribution in [0.4, 0.5) is 0 Å². The molecule has 0 aromatic heterocycles. The third-order valence-corrected chi connectivity index (χ3v) is 5.70. The Morgan fingerprint density at radius 1 is 0.667 bits per heavy atom. The molecule has 4 aromatic carbocycles. The van der Waals surface area contributed by atoms with Gasteiger partial charge in [0, 0.05) is 25.3 Å². The molecule has 0 radical (unpaired) electrons. The molecule has 0 unspecified atom stereocenters. The topological polar surface area (TPSA) is 27.7 Å². The number of methoxy groups -OCH3 is 3. The fourth-order valence-electron chi connectivity index (χ4n) is 3.57. The van der Waals surface area contributed by atoms with Crippen LogP contribution in [0.5, 0.6) is 17.2 Å². The summed E-state index contributed by atoms with van der Waals surface area (Å²) >= 11 is 2.39. The number of fused-ring (bicyclic) bond motifs is 3. The first-order valence-corrected chi connectivity index (χ1v) is 9.66. The van der Waals surface area contributed by atoms with Gasteiger partial charge in [0.05, 0.1) is 21.3 Å². The van der Waals surface area contributed by atoms with Gasteiger partial charge in [0.2, 0.25) is 0 Å². The van der Waals surface area contributed by atoms with Crippen molar-refractivity contribution in [2.75, 3.05) is 21.3 Å². The molecule has 0 aliphatic carbocycles. The van der Waals surface area contributed by atoms with Gasteiger partial charge in [-0.25, -0.2) is 0 Å². The third kappa shape index (κ3) is 2.98. The summed E-state index contributed by atoms with van der Waals surface area (Å²) in [6.07, 6.45) is 0. The Morgan fingerprint density at radius 3 is 2.04 bits per heavy atom. The van der Waals surface area contributed by atoms with E-state index in [1.54, 1.807) is 21.3 Å². The van der Waals surface area contributed by atoms with Crippen LogP contribution in [0.2, 0.25) is 0 Å². The highest BCUT2D eigenvalue weighted by molar-refractivity contribution is 14.1. The second-order valence-electron chi connectivity index (χ2n) is 6.21. The fraction of sp³-hybridized carbons (Fsp3) is 0.130. The third-order valence-electron chi connectivity index (χ3n) is 4.85. The lowest BCUT2D eigenvalue weighted by Gasteiger charge is -2.17. The minimum Gasteiger partial charge on any atom is -0.497 e. The quantitative estimate of drug-likeness (QED) is 0.259. The SMILES string of the molecule is COc1ccc(-c2c(I)cc(OC)c3ccc4c(OC)cccc4c23)cc1. The van der Waals surface area contributed by atoms with Crippen LogP contribution in [0, 0.1) is 3.57 Å². The van der Waals surface area contributed by atoms with E-state index >= 15 is 0 Å². The van der Waals surface area contributed by atoms with Crippen LogP contribution in [-0.4, -0.2) is 21.3 Å². The Bertz CT molecular complexity index is 1130. The monoisotopic (exact) mass is 470 g/mol. The van der Waals surface area contributed by atoms with Crippen LogP contribution >= 0.6 is 22.6 Å². The van der Waals surface area contributed by atoms with Crippen molar-refractivity contribution in [1.29, 1.82) is 0 Å². The van der Waals surface area contributed by atoms with E-state index < -0.39 is 0 Å². The van der Waals surface area contributed by atoms with Gasteiger partial charge in [-0.15, -0.1) is 0 Å². The van der Waals surface area contributed by atoms with Crippen LogP contribution < -0.4 is 14.2 Å². The lowest BCUT2D eigenvalue weighted by atomic mass is 9.93. The zero-order valence-electron chi connectivity index (χ0n) is 15.4. The van der Waals surface area contributed by atoms with Crippen molar-refractivity contribution in [3.63, 3.8) is 0 Å². The van der Waals surface area contributed by atoms with Crippen LogP contribution in [0.15, 0.2) is 60.7 Å². The molecule has 0 saturated heterocycles. The van der Waals surface area contributed by atoms with Crippen LogP contribution in [-0.2, 0) is 0 Å². The van der Waals surface area contributed by atoms with Gasteiger partial charge < -0.3 is 14.2 Å². The molecule has 4 aromatic rings. The zero-order valence-corrected chi connectivity index (χ0v) is 17.5. The molecule has 4 rings (SSSR count). The Morgan fingerprint density at radius 2 is 1.37 bits per heavy atom. The van der Waals surface area contributed by atoms with Gasteiger partial charge in [-0.3, -0.25) is 0 Å². The van der Waals surface area contributed by atoms with E-state index in [4.69, 9.17) is 14.2 Å².